The lowest BCUT2D eigenvalue weighted by Gasteiger charge is -2.21. The van der Waals surface area contributed by atoms with Crippen LogP contribution in [-0.2, 0) is 0 Å². The van der Waals surface area contributed by atoms with Gasteiger partial charge in [-0.05, 0) is 38.1 Å². The molecular weight excluding hydrogens is 274 g/mol. The fourth-order valence-electron chi connectivity index (χ4n) is 2.29. The summed E-state index contributed by atoms with van der Waals surface area (Å²) in [6.45, 7) is 6.04. The maximum absolute atomic E-state index is 10.2. The minimum absolute atomic E-state index is 0.245. The molecule has 0 heterocycles. The molecule has 0 fully saturated rings. The van der Waals surface area contributed by atoms with Crippen molar-refractivity contribution in [3.05, 3.63) is 54.1 Å². The molecule has 0 aromatic heterocycles. The zero-order chi connectivity index (χ0) is 15.9. The van der Waals surface area contributed by atoms with Gasteiger partial charge in [0.15, 0.2) is 0 Å². The van der Waals surface area contributed by atoms with Crippen LogP contribution in [0.3, 0.4) is 0 Å². The third kappa shape index (κ3) is 3.79. The van der Waals surface area contributed by atoms with Crippen LogP contribution in [0.25, 0.3) is 0 Å². The molecule has 2 aromatic carbocycles. The summed E-state index contributed by atoms with van der Waals surface area (Å²) in [6, 6.07) is 15.6. The number of phenols is 1. The fourth-order valence-corrected chi connectivity index (χ4v) is 2.29. The quantitative estimate of drug-likeness (QED) is 0.652. The van der Waals surface area contributed by atoms with Crippen molar-refractivity contribution in [3.63, 3.8) is 0 Å². The van der Waals surface area contributed by atoms with E-state index in [0.717, 1.165) is 24.5 Å². The minimum Gasteiger partial charge on any atom is -0.507 e. The van der Waals surface area contributed by atoms with E-state index in [9.17, 15) is 5.11 Å². The molecule has 0 bridgehead atoms. The molecule has 0 saturated carbocycles. The van der Waals surface area contributed by atoms with Gasteiger partial charge in [0.1, 0.15) is 5.75 Å². The van der Waals surface area contributed by atoms with Crippen molar-refractivity contribution in [2.24, 2.45) is 5.10 Å². The van der Waals surface area contributed by atoms with Crippen molar-refractivity contribution >= 4 is 17.6 Å². The number of hydrazone groups is 1. The van der Waals surface area contributed by atoms with Gasteiger partial charge in [-0.25, -0.2) is 0 Å². The number of hydrogen-bond donors (Lipinski definition) is 1. The van der Waals surface area contributed by atoms with Gasteiger partial charge in [-0.15, -0.1) is 0 Å². The van der Waals surface area contributed by atoms with Gasteiger partial charge in [0.25, 0.3) is 0 Å². The van der Waals surface area contributed by atoms with E-state index in [2.05, 4.69) is 23.8 Å². The van der Waals surface area contributed by atoms with E-state index in [0.29, 0.717) is 5.56 Å². The molecule has 0 radical (unpaired) electrons. The van der Waals surface area contributed by atoms with Crippen molar-refractivity contribution < 1.29 is 5.11 Å². The van der Waals surface area contributed by atoms with Crippen molar-refractivity contribution in [3.8, 4) is 5.75 Å². The van der Waals surface area contributed by atoms with Crippen LogP contribution in [-0.4, -0.2) is 31.5 Å². The highest BCUT2D eigenvalue weighted by Gasteiger charge is 2.06. The van der Waals surface area contributed by atoms with E-state index in [4.69, 9.17) is 0 Å². The molecule has 0 atom stereocenters. The predicted molar refractivity (Wildman–Crippen MR) is 94.1 cm³/mol. The van der Waals surface area contributed by atoms with Crippen LogP contribution in [0.5, 0.6) is 5.75 Å². The van der Waals surface area contributed by atoms with Gasteiger partial charge in [0, 0.05) is 37.5 Å². The Morgan fingerprint density at radius 1 is 1.00 bits per heavy atom. The smallest absolute Gasteiger partial charge is 0.126 e. The Hall–Kier alpha value is -2.49. The number of phenolic OH excluding ortho intramolecular Hbond substituents is 1. The van der Waals surface area contributed by atoms with E-state index < -0.39 is 0 Å². The van der Waals surface area contributed by atoms with Crippen LogP contribution >= 0.6 is 0 Å². The van der Waals surface area contributed by atoms with E-state index in [1.807, 2.05) is 49.5 Å². The van der Waals surface area contributed by atoms with E-state index in [1.165, 1.54) is 0 Å². The first-order valence-corrected chi connectivity index (χ1v) is 7.56. The molecule has 0 aliphatic carbocycles. The van der Waals surface area contributed by atoms with Crippen molar-refractivity contribution in [1.29, 1.82) is 0 Å². The molecule has 0 aliphatic heterocycles. The number of rotatable bonds is 6. The molecule has 4 heteroatoms. The largest absolute Gasteiger partial charge is 0.507 e. The fraction of sp³-hybridized carbons (Fsp3) is 0.278. The summed E-state index contributed by atoms with van der Waals surface area (Å²) in [7, 11) is 1.88. The first-order chi connectivity index (χ1) is 10.7. The monoisotopic (exact) mass is 297 g/mol. The summed E-state index contributed by atoms with van der Waals surface area (Å²) < 4.78 is 0. The zero-order valence-corrected chi connectivity index (χ0v) is 13.4. The summed E-state index contributed by atoms with van der Waals surface area (Å²) in [6.07, 6.45) is 1.67. The normalized spacial score (nSPS) is 10.9. The Morgan fingerprint density at radius 3 is 2.27 bits per heavy atom. The SMILES string of the molecule is CCN(CC)c1ccc(C=NN(C)c2ccccc2)c(O)c1. The highest BCUT2D eigenvalue weighted by atomic mass is 16.3. The van der Waals surface area contributed by atoms with Gasteiger partial charge in [-0.3, -0.25) is 5.01 Å². The van der Waals surface area contributed by atoms with Crippen LogP contribution in [0, 0.1) is 0 Å². The van der Waals surface area contributed by atoms with Gasteiger partial charge in [-0.1, -0.05) is 18.2 Å². The molecule has 116 valence electrons. The summed E-state index contributed by atoms with van der Waals surface area (Å²) in [5.74, 6) is 0.245. The molecule has 0 saturated heterocycles. The first-order valence-electron chi connectivity index (χ1n) is 7.56. The summed E-state index contributed by atoms with van der Waals surface area (Å²) >= 11 is 0. The molecule has 1 N–H and O–H groups in total. The Labute approximate surface area is 132 Å². The maximum atomic E-state index is 10.2. The average Bonchev–Trinajstić information content (AvgIpc) is 2.55. The van der Waals surface area contributed by atoms with Gasteiger partial charge in [0.05, 0.1) is 11.9 Å². The van der Waals surface area contributed by atoms with Crippen molar-refractivity contribution in [2.45, 2.75) is 13.8 Å². The van der Waals surface area contributed by atoms with Gasteiger partial charge >= 0.3 is 0 Å². The lowest BCUT2D eigenvalue weighted by molar-refractivity contribution is 0.474. The van der Waals surface area contributed by atoms with Crippen LogP contribution in [0.4, 0.5) is 11.4 Å². The number of para-hydroxylation sites is 1. The van der Waals surface area contributed by atoms with E-state index >= 15 is 0 Å². The second kappa shape index (κ2) is 7.50. The molecule has 2 aromatic rings. The van der Waals surface area contributed by atoms with Crippen molar-refractivity contribution in [1.82, 2.24) is 0 Å². The maximum Gasteiger partial charge on any atom is 0.126 e. The topological polar surface area (TPSA) is 39.1 Å². The zero-order valence-electron chi connectivity index (χ0n) is 13.4. The third-order valence-electron chi connectivity index (χ3n) is 3.64. The summed E-state index contributed by atoms with van der Waals surface area (Å²) in [4.78, 5) is 2.19. The molecule has 0 unspecified atom stereocenters. The standard InChI is InChI=1S/C18H23N3O/c1-4-21(5-2)17-12-11-15(18(22)13-17)14-19-20(3)16-9-7-6-8-10-16/h6-14,22H,4-5H2,1-3H3. The number of hydrogen-bond acceptors (Lipinski definition) is 4. The Morgan fingerprint density at radius 2 is 1.68 bits per heavy atom. The van der Waals surface area contributed by atoms with Crippen LogP contribution in [0.15, 0.2) is 53.6 Å². The number of nitrogens with zero attached hydrogens (tertiary/aromatic N) is 3. The second-order valence-corrected chi connectivity index (χ2v) is 5.02. The predicted octanol–water partition coefficient (Wildman–Crippen LogP) is 3.71. The van der Waals surface area contributed by atoms with Crippen molar-refractivity contribution in [2.75, 3.05) is 30.0 Å². The first kappa shape index (κ1) is 15.9. The van der Waals surface area contributed by atoms with Crippen LogP contribution < -0.4 is 9.91 Å². The van der Waals surface area contributed by atoms with E-state index in [-0.39, 0.29) is 5.75 Å². The Kier molecular flexibility index (Phi) is 5.42. The van der Waals surface area contributed by atoms with Gasteiger partial charge in [-0.2, -0.15) is 5.10 Å². The van der Waals surface area contributed by atoms with Gasteiger partial charge in [0.2, 0.25) is 0 Å². The molecule has 22 heavy (non-hydrogen) atoms. The average molecular weight is 297 g/mol. The minimum atomic E-state index is 0.245. The molecule has 0 amide bonds. The molecular formula is C18H23N3O. The van der Waals surface area contributed by atoms with Crippen LogP contribution in [0.2, 0.25) is 0 Å². The highest BCUT2D eigenvalue weighted by Crippen LogP contribution is 2.23. The number of aromatic hydroxyl groups is 1. The third-order valence-corrected chi connectivity index (χ3v) is 3.64. The van der Waals surface area contributed by atoms with Gasteiger partial charge < -0.3 is 10.0 Å². The Bertz CT molecular complexity index is 621. The number of benzene rings is 2. The molecule has 0 spiro atoms. The molecule has 2 rings (SSSR count). The lowest BCUT2D eigenvalue weighted by atomic mass is 10.2. The highest BCUT2D eigenvalue weighted by molar-refractivity contribution is 5.85. The lowest BCUT2D eigenvalue weighted by Crippen LogP contribution is -2.21. The molecule has 0 aliphatic rings. The summed E-state index contributed by atoms with van der Waals surface area (Å²) in [5, 5.41) is 16.3. The number of anilines is 2. The summed E-state index contributed by atoms with van der Waals surface area (Å²) in [5.41, 5.74) is 2.73. The Balaban J connectivity index is 2.15. The van der Waals surface area contributed by atoms with E-state index in [1.54, 1.807) is 17.3 Å². The molecule has 4 nitrogen and oxygen atoms in total. The second-order valence-electron chi connectivity index (χ2n) is 5.02. The van der Waals surface area contributed by atoms with Crippen LogP contribution in [0.1, 0.15) is 19.4 Å².